The summed E-state index contributed by atoms with van der Waals surface area (Å²) in [7, 11) is 1.65. The van der Waals surface area contributed by atoms with E-state index >= 15 is 0 Å². The molecule has 2 heterocycles. The molecule has 0 fully saturated rings. The van der Waals surface area contributed by atoms with E-state index in [9.17, 15) is 5.26 Å². The van der Waals surface area contributed by atoms with Crippen LogP contribution in [0.1, 0.15) is 5.56 Å². The standard InChI is InChI=1S/C13H9N4O.Hg/c1-18-9-4-2-3-8-10-11(17-12(8)9)7(5-14)6-16-13(10)15;/h2-4,6H,1H3,(H2,15,16);/q-1;+1. The summed E-state index contributed by atoms with van der Waals surface area (Å²) in [5.41, 5.74) is 8.42. The maximum absolute atomic E-state index is 9.25. The molecule has 0 saturated heterocycles. The molecule has 0 atom stereocenters. The first-order valence-electron chi connectivity index (χ1n) is 5.65. The summed E-state index contributed by atoms with van der Waals surface area (Å²) in [6.45, 7) is 0. The zero-order valence-electron chi connectivity index (χ0n) is 10.3. The van der Waals surface area contributed by atoms with Crippen LogP contribution in [-0.4, -0.2) is 14.4 Å². The van der Waals surface area contributed by atoms with Gasteiger partial charge in [-0.05, 0) is 0 Å². The van der Waals surface area contributed by atoms with Crippen molar-refractivity contribution in [1.29, 1.82) is 5.26 Å². The number of nitrogens with two attached hydrogens (primary N) is 1. The van der Waals surface area contributed by atoms with Crippen molar-refractivity contribution in [3.05, 3.63) is 30.0 Å². The van der Waals surface area contributed by atoms with E-state index in [1.807, 2.05) is 18.2 Å². The maximum atomic E-state index is 9.25. The zero-order valence-corrected chi connectivity index (χ0v) is 15.8. The molecule has 0 saturated carbocycles. The molecule has 3 rings (SSSR count). The van der Waals surface area contributed by atoms with Crippen molar-refractivity contribution in [2.24, 2.45) is 0 Å². The van der Waals surface area contributed by atoms with Crippen molar-refractivity contribution in [2.45, 2.75) is 0 Å². The summed E-state index contributed by atoms with van der Waals surface area (Å²) in [5, 5.41) is 11.1. The zero-order chi connectivity index (χ0) is 13.6. The van der Waals surface area contributed by atoms with E-state index in [0.29, 0.717) is 11.4 Å². The Morgan fingerprint density at radius 3 is 2.89 bits per heavy atom. The van der Waals surface area contributed by atoms with E-state index in [1.165, 1.54) is 6.20 Å². The molecule has 89 valence electrons. The molecule has 0 aliphatic rings. The van der Waals surface area contributed by atoms with Crippen LogP contribution >= 0.6 is 0 Å². The Morgan fingerprint density at radius 1 is 1.42 bits per heavy atom. The minimum atomic E-state index is 0.262. The number of fused-ring (bicyclic) bond motifs is 3. The number of nitriles is 1. The van der Waals surface area contributed by atoms with Gasteiger partial charge in [0, 0.05) is 0 Å². The molecular formula is C13H9HgN4O. The van der Waals surface area contributed by atoms with Crippen molar-refractivity contribution in [2.75, 3.05) is 12.8 Å². The normalized spacial score (nSPS) is 10.8. The van der Waals surface area contributed by atoms with E-state index in [1.54, 1.807) is 7.11 Å². The van der Waals surface area contributed by atoms with Gasteiger partial charge in [0.05, 0.1) is 0 Å². The Kier molecular flexibility index (Phi) is 2.83. The van der Waals surface area contributed by atoms with Crippen LogP contribution in [0.5, 0.6) is 5.75 Å². The summed E-state index contributed by atoms with van der Waals surface area (Å²) >= 11 is 0.262. The quantitative estimate of drug-likeness (QED) is 0.590. The second-order valence-corrected chi connectivity index (χ2v) is 6.64. The topological polar surface area (TPSA) is 76.9 Å². The van der Waals surface area contributed by atoms with Gasteiger partial charge in [0.15, 0.2) is 0 Å². The van der Waals surface area contributed by atoms with Gasteiger partial charge in [0.1, 0.15) is 0 Å². The van der Waals surface area contributed by atoms with Crippen molar-refractivity contribution in [3.8, 4) is 11.8 Å². The summed E-state index contributed by atoms with van der Waals surface area (Å²) in [6, 6.07) is 8.02. The first-order chi connectivity index (χ1) is 9.19. The van der Waals surface area contributed by atoms with Crippen molar-refractivity contribution >= 4 is 27.6 Å². The summed E-state index contributed by atoms with van der Waals surface area (Å²) < 4.78 is 7.54. The van der Waals surface area contributed by atoms with Crippen molar-refractivity contribution < 1.29 is 31.2 Å². The average molecular weight is 438 g/mol. The fraction of sp³-hybridized carbons (Fsp3) is 0.0769. The molecule has 19 heavy (non-hydrogen) atoms. The van der Waals surface area contributed by atoms with E-state index < -0.39 is 0 Å². The van der Waals surface area contributed by atoms with Crippen molar-refractivity contribution in [1.82, 2.24) is 7.32 Å². The molecule has 0 radical (unpaired) electrons. The second-order valence-electron chi connectivity index (χ2n) is 4.18. The fourth-order valence-electron chi connectivity index (χ4n) is 2.42. The van der Waals surface area contributed by atoms with Gasteiger partial charge < -0.3 is 0 Å². The third-order valence-electron chi connectivity index (χ3n) is 3.23. The Labute approximate surface area is 126 Å². The van der Waals surface area contributed by atoms with Gasteiger partial charge in [-0.2, -0.15) is 0 Å². The Hall–Kier alpha value is -1.80. The van der Waals surface area contributed by atoms with Crippen LogP contribution in [-0.2, 0) is 26.4 Å². The Morgan fingerprint density at radius 2 is 2.21 bits per heavy atom. The Balaban J connectivity index is 2.67. The molecule has 3 aromatic rings. The molecule has 1 aromatic carbocycles. The van der Waals surface area contributed by atoms with Crippen LogP contribution < -0.4 is 10.5 Å². The van der Waals surface area contributed by atoms with Gasteiger partial charge in [0.2, 0.25) is 0 Å². The summed E-state index contributed by atoms with van der Waals surface area (Å²) in [4.78, 5) is 4.12. The van der Waals surface area contributed by atoms with Gasteiger partial charge >= 0.3 is 126 Å². The third kappa shape index (κ3) is 1.60. The SMILES string of the molecule is COc1cccc2c3c(N)ncc(C#N)c3[n]([Hg])c12. The van der Waals surface area contributed by atoms with Gasteiger partial charge in [-0.15, -0.1) is 0 Å². The predicted molar refractivity (Wildman–Crippen MR) is 68.3 cm³/mol. The van der Waals surface area contributed by atoms with E-state index in [-0.39, 0.29) is 26.4 Å². The number of hydrogen-bond acceptors (Lipinski definition) is 4. The fourth-order valence-corrected chi connectivity index (χ4v) is 4.97. The van der Waals surface area contributed by atoms with E-state index in [4.69, 9.17) is 10.5 Å². The molecule has 0 amide bonds. The van der Waals surface area contributed by atoms with Crippen LogP contribution in [0.15, 0.2) is 24.4 Å². The molecule has 0 bridgehead atoms. The molecular weight excluding hydrogens is 429 g/mol. The van der Waals surface area contributed by atoms with Crippen molar-refractivity contribution in [3.63, 3.8) is 0 Å². The predicted octanol–water partition coefficient (Wildman–Crippen LogP) is 1.96. The van der Waals surface area contributed by atoms with Gasteiger partial charge in [-0.25, -0.2) is 0 Å². The van der Waals surface area contributed by atoms with Crippen LogP contribution in [0.2, 0.25) is 0 Å². The molecule has 0 spiro atoms. The number of rotatable bonds is 1. The molecule has 6 heteroatoms. The van der Waals surface area contributed by atoms with Gasteiger partial charge in [0.25, 0.3) is 0 Å². The summed E-state index contributed by atoms with van der Waals surface area (Å²) in [6.07, 6.45) is 1.53. The minimum absolute atomic E-state index is 0.262. The van der Waals surface area contributed by atoms with E-state index in [0.717, 1.165) is 27.6 Å². The molecule has 5 nitrogen and oxygen atoms in total. The Bertz CT molecular complexity index is 847. The number of methoxy groups -OCH3 is 1. The number of nitrogens with zero attached hydrogens (tertiary/aromatic N) is 3. The second kappa shape index (κ2) is 4.39. The van der Waals surface area contributed by atoms with Gasteiger partial charge in [-0.1, -0.05) is 0 Å². The monoisotopic (exact) mass is 439 g/mol. The first-order valence-corrected chi connectivity index (χ1v) is 8.11. The van der Waals surface area contributed by atoms with E-state index in [2.05, 4.69) is 13.4 Å². The number of para-hydroxylation sites is 1. The average Bonchev–Trinajstić information content (AvgIpc) is 2.74. The number of benzene rings is 1. The van der Waals surface area contributed by atoms with Gasteiger partial charge in [-0.3, -0.25) is 0 Å². The number of ether oxygens (including phenoxy) is 1. The number of anilines is 1. The molecule has 0 aliphatic carbocycles. The number of nitrogen functional groups attached to an aromatic ring is 1. The number of pyridine rings is 1. The van der Waals surface area contributed by atoms with Crippen LogP contribution in [0.4, 0.5) is 5.82 Å². The molecule has 0 aliphatic heterocycles. The summed E-state index contributed by atoms with van der Waals surface area (Å²) in [5.74, 6) is 1.25. The van der Waals surface area contributed by atoms with Crippen LogP contribution in [0.3, 0.4) is 0 Å². The first kappa shape index (κ1) is 12.2. The molecule has 2 aromatic heterocycles. The third-order valence-corrected chi connectivity index (χ3v) is 5.69. The van der Waals surface area contributed by atoms with Crippen LogP contribution in [0.25, 0.3) is 21.8 Å². The number of aromatic nitrogens is 2. The number of hydrogen-bond donors (Lipinski definition) is 1. The molecule has 0 unspecified atom stereocenters. The molecule has 2 N–H and O–H groups in total. The van der Waals surface area contributed by atoms with Crippen LogP contribution in [0, 0.1) is 11.3 Å².